The Morgan fingerprint density at radius 3 is 2.86 bits per heavy atom. The summed E-state index contributed by atoms with van der Waals surface area (Å²) in [5.41, 5.74) is 1.30. The van der Waals surface area contributed by atoms with Gasteiger partial charge in [-0.1, -0.05) is 11.6 Å². The number of carboxylic acid groups (broad SMARTS) is 1. The molecule has 14 heavy (non-hydrogen) atoms. The number of carboxylic acids is 1. The van der Waals surface area contributed by atoms with Crippen molar-refractivity contribution in [3.63, 3.8) is 0 Å². The van der Waals surface area contributed by atoms with Crippen LogP contribution in [0, 0.1) is 0 Å². The number of hydrogen-bond acceptors (Lipinski definition) is 2. The van der Waals surface area contributed by atoms with Gasteiger partial charge in [0, 0.05) is 12.6 Å². The lowest BCUT2D eigenvalue weighted by atomic mass is 10.1. The van der Waals surface area contributed by atoms with Crippen molar-refractivity contribution >= 4 is 5.97 Å². The van der Waals surface area contributed by atoms with Crippen molar-refractivity contribution in [2.75, 3.05) is 13.1 Å². The Bertz CT molecular complexity index is 231. The third-order valence-corrected chi connectivity index (χ3v) is 2.64. The minimum atomic E-state index is -0.681. The largest absolute Gasteiger partial charge is 0.481 e. The van der Waals surface area contributed by atoms with E-state index in [2.05, 4.69) is 24.8 Å². The molecular formula is C11H19NO2. The lowest BCUT2D eigenvalue weighted by Gasteiger charge is -2.21. The average Bonchev–Trinajstić information content (AvgIpc) is 2.47. The van der Waals surface area contributed by atoms with Gasteiger partial charge in [-0.2, -0.15) is 0 Å². The summed E-state index contributed by atoms with van der Waals surface area (Å²) in [7, 11) is 0. The van der Waals surface area contributed by atoms with Crippen LogP contribution in [-0.2, 0) is 4.79 Å². The lowest BCUT2D eigenvalue weighted by molar-refractivity contribution is -0.138. The molecular weight excluding hydrogens is 178 g/mol. The van der Waals surface area contributed by atoms with Crippen LogP contribution in [0.1, 0.15) is 33.1 Å². The van der Waals surface area contributed by atoms with Gasteiger partial charge in [-0.3, -0.25) is 9.69 Å². The third kappa shape index (κ3) is 3.50. The Hall–Kier alpha value is -0.830. The van der Waals surface area contributed by atoms with E-state index in [0.29, 0.717) is 0 Å². The molecule has 1 fully saturated rings. The summed E-state index contributed by atoms with van der Waals surface area (Å²) in [6.45, 7) is 6.09. The van der Waals surface area contributed by atoms with E-state index in [1.807, 2.05) is 0 Å². The first-order chi connectivity index (χ1) is 6.59. The summed E-state index contributed by atoms with van der Waals surface area (Å²) in [5.74, 6) is -0.681. The van der Waals surface area contributed by atoms with E-state index in [0.717, 1.165) is 25.9 Å². The highest BCUT2D eigenvalue weighted by molar-refractivity contribution is 5.67. The normalized spacial score (nSPS) is 22.3. The number of likely N-dealkylation sites (tertiary alicyclic amines) is 1. The summed E-state index contributed by atoms with van der Waals surface area (Å²) in [5, 5.41) is 8.73. The smallest absolute Gasteiger partial charge is 0.304 e. The zero-order valence-corrected chi connectivity index (χ0v) is 8.99. The maximum absolute atomic E-state index is 10.6. The first-order valence-electron chi connectivity index (χ1n) is 5.19. The molecule has 1 N–H and O–H groups in total. The molecule has 0 aliphatic carbocycles. The van der Waals surface area contributed by atoms with Crippen LogP contribution >= 0.6 is 0 Å². The quantitative estimate of drug-likeness (QED) is 0.700. The topological polar surface area (TPSA) is 40.5 Å². The van der Waals surface area contributed by atoms with Crippen molar-refractivity contribution in [3.05, 3.63) is 11.6 Å². The molecule has 0 spiro atoms. The Balaban J connectivity index is 2.43. The van der Waals surface area contributed by atoms with Crippen molar-refractivity contribution in [2.45, 2.75) is 39.2 Å². The van der Waals surface area contributed by atoms with Crippen molar-refractivity contribution < 1.29 is 9.90 Å². The van der Waals surface area contributed by atoms with Gasteiger partial charge in [0.2, 0.25) is 0 Å². The number of aliphatic carboxylic acids is 1. The second-order valence-electron chi connectivity index (χ2n) is 4.17. The second kappa shape index (κ2) is 5.15. The maximum Gasteiger partial charge on any atom is 0.304 e. The first-order valence-corrected chi connectivity index (χ1v) is 5.19. The van der Waals surface area contributed by atoms with Crippen LogP contribution in [0.25, 0.3) is 0 Å². The molecule has 1 atom stereocenters. The van der Waals surface area contributed by atoms with Crippen LogP contribution in [0.3, 0.4) is 0 Å². The van der Waals surface area contributed by atoms with Crippen LogP contribution in [-0.4, -0.2) is 35.1 Å². The molecule has 1 saturated heterocycles. The van der Waals surface area contributed by atoms with Gasteiger partial charge >= 0.3 is 5.97 Å². The van der Waals surface area contributed by atoms with Gasteiger partial charge in [-0.15, -0.1) is 0 Å². The molecule has 80 valence electrons. The molecule has 0 aromatic heterocycles. The van der Waals surface area contributed by atoms with Gasteiger partial charge in [0.15, 0.2) is 0 Å². The predicted octanol–water partition coefficient (Wildman–Crippen LogP) is 1.89. The summed E-state index contributed by atoms with van der Waals surface area (Å²) >= 11 is 0. The highest BCUT2D eigenvalue weighted by Gasteiger charge is 2.25. The molecule has 1 unspecified atom stereocenters. The minimum absolute atomic E-state index is 0.253. The molecule has 0 aromatic carbocycles. The molecule has 0 saturated carbocycles. The van der Waals surface area contributed by atoms with Crippen molar-refractivity contribution in [1.29, 1.82) is 0 Å². The van der Waals surface area contributed by atoms with Gasteiger partial charge < -0.3 is 5.11 Å². The molecule has 1 aliphatic rings. The van der Waals surface area contributed by atoms with Crippen LogP contribution in [0.5, 0.6) is 0 Å². The third-order valence-electron chi connectivity index (χ3n) is 2.64. The molecule has 0 aromatic rings. The van der Waals surface area contributed by atoms with Crippen LogP contribution in [0.2, 0.25) is 0 Å². The highest BCUT2D eigenvalue weighted by atomic mass is 16.4. The monoisotopic (exact) mass is 197 g/mol. The first kappa shape index (κ1) is 11.2. The molecule has 0 amide bonds. The molecule has 1 rings (SSSR count). The second-order valence-corrected chi connectivity index (χ2v) is 4.17. The standard InChI is InChI=1S/C11H19NO2/c1-9(2)5-7-12-6-3-4-10(12)8-11(13)14/h5,10H,3-4,6-8H2,1-2H3,(H,13,14). The van der Waals surface area contributed by atoms with E-state index >= 15 is 0 Å². The van der Waals surface area contributed by atoms with E-state index in [9.17, 15) is 4.79 Å². The Morgan fingerprint density at radius 2 is 2.29 bits per heavy atom. The van der Waals surface area contributed by atoms with Crippen molar-refractivity contribution in [2.24, 2.45) is 0 Å². The lowest BCUT2D eigenvalue weighted by Crippen LogP contribution is -2.31. The van der Waals surface area contributed by atoms with Gasteiger partial charge in [0.1, 0.15) is 0 Å². The highest BCUT2D eigenvalue weighted by Crippen LogP contribution is 2.19. The van der Waals surface area contributed by atoms with E-state index in [4.69, 9.17) is 5.11 Å². The molecule has 1 aliphatic heterocycles. The van der Waals surface area contributed by atoms with Gasteiger partial charge in [-0.25, -0.2) is 0 Å². The van der Waals surface area contributed by atoms with Crippen LogP contribution < -0.4 is 0 Å². The van der Waals surface area contributed by atoms with Gasteiger partial charge in [0.25, 0.3) is 0 Å². The molecule has 3 heteroatoms. The fraction of sp³-hybridized carbons (Fsp3) is 0.727. The number of nitrogens with zero attached hydrogens (tertiary/aromatic N) is 1. The fourth-order valence-corrected chi connectivity index (χ4v) is 1.87. The minimum Gasteiger partial charge on any atom is -0.481 e. The van der Waals surface area contributed by atoms with Gasteiger partial charge in [-0.05, 0) is 33.2 Å². The van der Waals surface area contributed by atoms with Gasteiger partial charge in [0.05, 0.1) is 6.42 Å². The number of hydrogen-bond donors (Lipinski definition) is 1. The van der Waals surface area contributed by atoms with E-state index in [1.54, 1.807) is 0 Å². The predicted molar refractivity (Wildman–Crippen MR) is 56.3 cm³/mol. The fourth-order valence-electron chi connectivity index (χ4n) is 1.87. The molecule has 1 heterocycles. The van der Waals surface area contributed by atoms with E-state index in [-0.39, 0.29) is 12.5 Å². The summed E-state index contributed by atoms with van der Waals surface area (Å²) in [6, 6.07) is 0.253. The molecule has 3 nitrogen and oxygen atoms in total. The summed E-state index contributed by atoms with van der Waals surface area (Å²) in [6.07, 6.45) is 4.62. The molecule has 0 radical (unpaired) electrons. The SMILES string of the molecule is CC(C)=CCN1CCCC1CC(=O)O. The van der Waals surface area contributed by atoms with Crippen molar-refractivity contribution in [3.8, 4) is 0 Å². The number of rotatable bonds is 4. The van der Waals surface area contributed by atoms with Crippen LogP contribution in [0.4, 0.5) is 0 Å². The zero-order chi connectivity index (χ0) is 10.6. The Morgan fingerprint density at radius 1 is 1.57 bits per heavy atom. The molecule has 0 bridgehead atoms. The van der Waals surface area contributed by atoms with Crippen molar-refractivity contribution in [1.82, 2.24) is 4.90 Å². The Kier molecular flexibility index (Phi) is 4.14. The average molecular weight is 197 g/mol. The van der Waals surface area contributed by atoms with Crippen LogP contribution in [0.15, 0.2) is 11.6 Å². The number of allylic oxidation sites excluding steroid dienone is 1. The zero-order valence-electron chi connectivity index (χ0n) is 8.99. The summed E-state index contributed by atoms with van der Waals surface area (Å²) in [4.78, 5) is 12.9. The number of carbonyl (C=O) groups is 1. The maximum atomic E-state index is 10.6. The van der Waals surface area contributed by atoms with E-state index in [1.165, 1.54) is 5.57 Å². The Labute approximate surface area is 85.4 Å². The van der Waals surface area contributed by atoms with E-state index < -0.39 is 5.97 Å². The summed E-state index contributed by atoms with van der Waals surface area (Å²) < 4.78 is 0.